The molecule has 2 aliphatic heterocycles. The van der Waals surface area contributed by atoms with E-state index >= 15 is 0 Å². The van der Waals surface area contributed by atoms with Crippen molar-refractivity contribution in [3.8, 4) is 0 Å². The zero-order valence-electron chi connectivity index (χ0n) is 9.69. The van der Waals surface area contributed by atoms with Crippen molar-refractivity contribution in [1.29, 1.82) is 0 Å². The molecule has 0 spiro atoms. The van der Waals surface area contributed by atoms with Gasteiger partial charge in [0.2, 0.25) is 0 Å². The fraction of sp³-hybridized carbons (Fsp3) is 0.667. The molecule has 0 amide bonds. The zero-order valence-corrected chi connectivity index (χ0v) is 12.1. The Morgan fingerprint density at radius 2 is 2.06 bits per heavy atom. The van der Waals surface area contributed by atoms with Gasteiger partial charge in [-0.1, -0.05) is 18.0 Å². The van der Waals surface area contributed by atoms with E-state index in [9.17, 15) is 0 Å². The fourth-order valence-corrected chi connectivity index (χ4v) is 4.00. The summed E-state index contributed by atoms with van der Waals surface area (Å²) in [6.45, 7) is 3.48. The molecule has 0 aromatic carbocycles. The molecule has 3 rings (SSSR count). The van der Waals surface area contributed by atoms with Crippen LogP contribution >= 0.6 is 35.3 Å². The Morgan fingerprint density at radius 1 is 1.35 bits per heavy atom. The lowest BCUT2D eigenvalue weighted by atomic mass is 9.94. The van der Waals surface area contributed by atoms with Gasteiger partial charge in [-0.25, -0.2) is 0 Å². The van der Waals surface area contributed by atoms with Crippen molar-refractivity contribution in [2.45, 2.75) is 37.9 Å². The second-order valence-electron chi connectivity index (χ2n) is 4.92. The average molecular weight is 293 g/mol. The first kappa shape index (κ1) is 13.6. The number of fused-ring (bicyclic) bond motifs is 2. The molecule has 96 valence electrons. The maximum Gasteiger partial charge on any atom is 0.0516 e. The predicted octanol–water partition coefficient (Wildman–Crippen LogP) is 3.15. The summed E-state index contributed by atoms with van der Waals surface area (Å²) in [6, 6.07) is 3.55. The van der Waals surface area contributed by atoms with Crippen LogP contribution in [0.2, 0.25) is 5.02 Å². The van der Waals surface area contributed by atoms with E-state index in [1.165, 1.54) is 37.2 Å². The zero-order chi connectivity index (χ0) is 11.0. The second kappa shape index (κ2) is 5.89. The van der Waals surface area contributed by atoms with Crippen molar-refractivity contribution in [3.05, 3.63) is 21.3 Å². The summed E-state index contributed by atoms with van der Waals surface area (Å²) in [5.74, 6) is 0. The van der Waals surface area contributed by atoms with Crippen LogP contribution in [0.3, 0.4) is 0 Å². The van der Waals surface area contributed by atoms with E-state index in [0.29, 0.717) is 0 Å². The molecular formula is C12H18Cl2N2S. The molecular weight excluding hydrogens is 275 g/mol. The minimum Gasteiger partial charge on any atom is -0.309 e. The Balaban J connectivity index is 0.00000108. The smallest absolute Gasteiger partial charge is 0.0516 e. The lowest BCUT2D eigenvalue weighted by molar-refractivity contribution is 0.120. The first-order chi connectivity index (χ1) is 7.79. The summed E-state index contributed by atoms with van der Waals surface area (Å²) < 4.78 is 0. The van der Waals surface area contributed by atoms with E-state index in [2.05, 4.69) is 16.3 Å². The van der Waals surface area contributed by atoms with Gasteiger partial charge in [0.15, 0.2) is 0 Å². The van der Waals surface area contributed by atoms with Gasteiger partial charge in [-0.05, 0) is 18.9 Å². The van der Waals surface area contributed by atoms with E-state index in [1.54, 1.807) is 11.3 Å². The lowest BCUT2D eigenvalue weighted by Gasteiger charge is -2.42. The molecule has 2 atom stereocenters. The van der Waals surface area contributed by atoms with Crippen LogP contribution in [0.1, 0.15) is 24.1 Å². The molecule has 5 heteroatoms. The quantitative estimate of drug-likeness (QED) is 0.901. The minimum absolute atomic E-state index is 0. The molecule has 1 N–H and O–H groups in total. The van der Waals surface area contributed by atoms with Crippen molar-refractivity contribution >= 4 is 35.3 Å². The van der Waals surface area contributed by atoms with Crippen molar-refractivity contribution in [3.63, 3.8) is 0 Å². The Kier molecular flexibility index (Phi) is 4.72. The molecule has 1 aromatic heterocycles. The van der Waals surface area contributed by atoms with Gasteiger partial charge in [-0.3, -0.25) is 4.90 Å². The van der Waals surface area contributed by atoms with Gasteiger partial charge in [0.25, 0.3) is 0 Å². The maximum atomic E-state index is 5.95. The molecule has 17 heavy (non-hydrogen) atoms. The SMILES string of the molecule is Cl.Clc1csc(CN2CC3CCCC(C2)N3)c1. The summed E-state index contributed by atoms with van der Waals surface area (Å²) in [6.07, 6.45) is 4.09. The summed E-state index contributed by atoms with van der Waals surface area (Å²) in [5.41, 5.74) is 0. The molecule has 2 saturated heterocycles. The van der Waals surface area contributed by atoms with Crippen LogP contribution in [0.4, 0.5) is 0 Å². The number of likely N-dealkylation sites (tertiary alicyclic amines) is 1. The van der Waals surface area contributed by atoms with Crippen LogP contribution in [0.15, 0.2) is 11.4 Å². The highest BCUT2D eigenvalue weighted by atomic mass is 35.5. The summed E-state index contributed by atoms with van der Waals surface area (Å²) >= 11 is 7.73. The fourth-order valence-electron chi connectivity index (χ4n) is 2.88. The number of rotatable bonds is 2. The molecule has 2 bridgehead atoms. The molecule has 0 aliphatic carbocycles. The van der Waals surface area contributed by atoms with Gasteiger partial charge < -0.3 is 5.32 Å². The maximum absolute atomic E-state index is 5.95. The van der Waals surface area contributed by atoms with Crippen molar-refractivity contribution < 1.29 is 0 Å². The van der Waals surface area contributed by atoms with Crippen LogP contribution in [0, 0.1) is 0 Å². The molecule has 0 saturated carbocycles. The Morgan fingerprint density at radius 3 is 2.65 bits per heavy atom. The van der Waals surface area contributed by atoms with Gasteiger partial charge in [0, 0.05) is 42.0 Å². The Labute approximate surface area is 118 Å². The summed E-state index contributed by atoms with van der Waals surface area (Å²) in [7, 11) is 0. The van der Waals surface area contributed by atoms with Crippen LogP contribution in [-0.4, -0.2) is 30.1 Å². The molecule has 0 radical (unpaired) electrons. The van der Waals surface area contributed by atoms with Crippen molar-refractivity contribution in [1.82, 2.24) is 10.2 Å². The lowest BCUT2D eigenvalue weighted by Crippen LogP contribution is -2.58. The molecule has 3 heterocycles. The van der Waals surface area contributed by atoms with Crippen LogP contribution < -0.4 is 5.32 Å². The first-order valence-corrected chi connectivity index (χ1v) is 7.27. The van der Waals surface area contributed by atoms with Gasteiger partial charge in [-0.15, -0.1) is 23.7 Å². The third-order valence-corrected chi connectivity index (χ3v) is 4.80. The second-order valence-corrected chi connectivity index (χ2v) is 6.35. The van der Waals surface area contributed by atoms with E-state index in [1.807, 2.05) is 5.38 Å². The molecule has 2 fully saturated rings. The van der Waals surface area contributed by atoms with Crippen LogP contribution in [-0.2, 0) is 6.54 Å². The standard InChI is InChI=1S/C12H17ClN2S.ClH/c13-9-4-12(16-8-9)7-15-5-10-2-1-3-11(6-15)14-10;/h4,8,10-11,14H,1-3,5-7H2;1H. The molecule has 2 nitrogen and oxygen atoms in total. The Hall–Kier alpha value is 0.200. The van der Waals surface area contributed by atoms with Gasteiger partial charge in [0.05, 0.1) is 5.02 Å². The van der Waals surface area contributed by atoms with Crippen LogP contribution in [0.25, 0.3) is 0 Å². The highest BCUT2D eigenvalue weighted by molar-refractivity contribution is 7.10. The van der Waals surface area contributed by atoms with E-state index in [4.69, 9.17) is 11.6 Å². The highest BCUT2D eigenvalue weighted by Crippen LogP contribution is 2.24. The number of hydrogen-bond acceptors (Lipinski definition) is 3. The van der Waals surface area contributed by atoms with E-state index in [0.717, 1.165) is 23.7 Å². The number of halogens is 2. The number of nitrogens with one attached hydrogen (secondary N) is 1. The molecule has 1 aromatic rings. The van der Waals surface area contributed by atoms with Crippen molar-refractivity contribution in [2.24, 2.45) is 0 Å². The molecule has 2 unspecified atom stereocenters. The van der Waals surface area contributed by atoms with Gasteiger partial charge in [0.1, 0.15) is 0 Å². The Bertz CT molecular complexity index is 357. The number of thiophene rings is 1. The van der Waals surface area contributed by atoms with Gasteiger partial charge >= 0.3 is 0 Å². The van der Waals surface area contributed by atoms with Crippen LogP contribution in [0.5, 0.6) is 0 Å². The average Bonchev–Trinajstić information content (AvgIpc) is 2.63. The number of piperidine rings is 1. The van der Waals surface area contributed by atoms with Gasteiger partial charge in [-0.2, -0.15) is 0 Å². The largest absolute Gasteiger partial charge is 0.309 e. The normalized spacial score (nSPS) is 28.8. The highest BCUT2D eigenvalue weighted by Gasteiger charge is 2.29. The molecule has 2 aliphatic rings. The van der Waals surface area contributed by atoms with Crippen molar-refractivity contribution in [2.75, 3.05) is 13.1 Å². The monoisotopic (exact) mass is 292 g/mol. The third-order valence-electron chi connectivity index (χ3n) is 3.53. The summed E-state index contributed by atoms with van der Waals surface area (Å²) in [5, 5.41) is 6.62. The third kappa shape index (κ3) is 3.36. The van der Waals surface area contributed by atoms with E-state index in [-0.39, 0.29) is 12.4 Å². The number of nitrogens with zero attached hydrogens (tertiary/aromatic N) is 1. The van der Waals surface area contributed by atoms with E-state index < -0.39 is 0 Å². The topological polar surface area (TPSA) is 15.3 Å². The number of hydrogen-bond donors (Lipinski definition) is 1. The first-order valence-electron chi connectivity index (χ1n) is 6.01. The number of piperazine rings is 1. The predicted molar refractivity (Wildman–Crippen MR) is 76.4 cm³/mol. The minimum atomic E-state index is 0. The summed E-state index contributed by atoms with van der Waals surface area (Å²) in [4.78, 5) is 3.97.